The first kappa shape index (κ1) is 16.7. The topological polar surface area (TPSA) is 74.7 Å². The van der Waals surface area contributed by atoms with Crippen LogP contribution in [0.5, 0.6) is 0 Å². The molecule has 0 spiro atoms. The van der Waals surface area contributed by atoms with Crippen molar-refractivity contribution in [2.24, 2.45) is 5.92 Å². The molecule has 1 N–H and O–H groups in total. The highest BCUT2D eigenvalue weighted by Gasteiger charge is 2.50. The average molecular weight is 273 g/mol. The van der Waals surface area contributed by atoms with E-state index < -0.39 is 5.97 Å². The molecule has 0 saturated carbocycles. The number of rotatable bonds is 1. The lowest BCUT2D eigenvalue weighted by Gasteiger charge is -2.48. The third kappa shape index (κ3) is 2.75. The standard InChI is InChI=1S/C9H11NO3S.C2H6.CH2O/c1-4-3-14-8-5(2)7(11)10(8)6(4)9(12)13;2*1-2/h5,8H,3H2,1-2H3,(H,12,13);1-2H3;1H2/t5-,8?;;/m1../s1. The summed E-state index contributed by atoms with van der Waals surface area (Å²) in [5.74, 6) is -0.394. The number of carbonyl (C=O) groups is 3. The molecule has 102 valence electrons. The van der Waals surface area contributed by atoms with Gasteiger partial charge in [0, 0.05) is 5.75 Å². The van der Waals surface area contributed by atoms with Crippen LogP contribution < -0.4 is 0 Å². The van der Waals surface area contributed by atoms with Crippen LogP contribution in [0, 0.1) is 5.92 Å². The minimum Gasteiger partial charge on any atom is -0.477 e. The molecule has 0 bridgehead atoms. The summed E-state index contributed by atoms with van der Waals surface area (Å²) in [5, 5.41) is 9.01. The highest BCUT2D eigenvalue weighted by molar-refractivity contribution is 8.00. The van der Waals surface area contributed by atoms with E-state index in [-0.39, 0.29) is 22.9 Å². The number of fused-ring (bicyclic) bond motifs is 1. The number of thioether (sulfide) groups is 1. The van der Waals surface area contributed by atoms with Crippen LogP contribution in [0.15, 0.2) is 11.3 Å². The van der Waals surface area contributed by atoms with Crippen molar-refractivity contribution in [1.82, 2.24) is 4.90 Å². The first-order valence-corrected chi connectivity index (χ1v) is 6.75. The lowest BCUT2D eigenvalue weighted by Crippen LogP contribution is -2.60. The molecule has 0 radical (unpaired) electrons. The monoisotopic (exact) mass is 273 g/mol. The molecule has 2 atom stereocenters. The molecule has 2 aliphatic heterocycles. The number of carboxylic acid groups (broad SMARTS) is 1. The van der Waals surface area contributed by atoms with Gasteiger partial charge in [-0.2, -0.15) is 0 Å². The van der Waals surface area contributed by atoms with E-state index >= 15 is 0 Å². The molecule has 0 aromatic heterocycles. The Bertz CT molecular complexity index is 367. The van der Waals surface area contributed by atoms with Crippen LogP contribution in [0.4, 0.5) is 0 Å². The summed E-state index contributed by atoms with van der Waals surface area (Å²) < 4.78 is 0. The molecule has 0 aliphatic carbocycles. The maximum Gasteiger partial charge on any atom is 0.352 e. The Morgan fingerprint density at radius 2 is 1.94 bits per heavy atom. The number of aliphatic carboxylic acids is 1. The summed E-state index contributed by atoms with van der Waals surface area (Å²) in [5.41, 5.74) is 0.968. The van der Waals surface area contributed by atoms with Crippen LogP contribution in [0.2, 0.25) is 0 Å². The van der Waals surface area contributed by atoms with Crippen molar-refractivity contribution in [3.05, 3.63) is 11.3 Å². The van der Waals surface area contributed by atoms with Crippen molar-refractivity contribution in [2.75, 3.05) is 5.75 Å². The summed E-state index contributed by atoms with van der Waals surface area (Å²) in [4.78, 5) is 31.8. The smallest absolute Gasteiger partial charge is 0.352 e. The Hall–Kier alpha value is -1.30. The zero-order chi connectivity index (χ0) is 14.5. The van der Waals surface area contributed by atoms with Crippen molar-refractivity contribution in [2.45, 2.75) is 33.1 Å². The van der Waals surface area contributed by atoms with Crippen LogP contribution in [0.1, 0.15) is 27.7 Å². The average Bonchev–Trinajstić information content (AvgIpc) is 2.41. The molecule has 0 aromatic carbocycles. The van der Waals surface area contributed by atoms with Gasteiger partial charge in [0.2, 0.25) is 5.91 Å². The van der Waals surface area contributed by atoms with Gasteiger partial charge in [0.05, 0.1) is 11.3 Å². The largest absolute Gasteiger partial charge is 0.477 e. The lowest BCUT2D eigenvalue weighted by molar-refractivity contribution is -0.151. The number of carboxylic acids is 1. The summed E-state index contributed by atoms with van der Waals surface area (Å²) in [6.07, 6.45) is 0. The summed E-state index contributed by atoms with van der Waals surface area (Å²) >= 11 is 1.64. The van der Waals surface area contributed by atoms with Gasteiger partial charge in [-0.05, 0) is 12.5 Å². The zero-order valence-electron chi connectivity index (χ0n) is 11.1. The fourth-order valence-electron chi connectivity index (χ4n) is 1.83. The van der Waals surface area contributed by atoms with Gasteiger partial charge in [0.1, 0.15) is 12.5 Å². The molecule has 2 heterocycles. The van der Waals surface area contributed by atoms with Gasteiger partial charge >= 0.3 is 5.97 Å². The Balaban J connectivity index is 0.000000659. The molecule has 1 saturated heterocycles. The minimum atomic E-state index is -0.993. The maximum absolute atomic E-state index is 11.5. The second kappa shape index (κ2) is 7.20. The molecule has 1 fully saturated rings. The van der Waals surface area contributed by atoms with E-state index in [2.05, 4.69) is 0 Å². The molecule has 6 heteroatoms. The molecular formula is C12H19NO4S. The highest BCUT2D eigenvalue weighted by atomic mass is 32.2. The maximum atomic E-state index is 11.5. The normalized spacial score (nSPS) is 24.9. The number of carbonyl (C=O) groups excluding carboxylic acids is 2. The van der Waals surface area contributed by atoms with Crippen molar-refractivity contribution < 1.29 is 19.5 Å². The van der Waals surface area contributed by atoms with Gasteiger partial charge in [0.25, 0.3) is 0 Å². The third-order valence-corrected chi connectivity index (χ3v) is 4.19. The molecular weight excluding hydrogens is 254 g/mol. The fourth-order valence-corrected chi connectivity index (χ4v) is 3.16. The first-order chi connectivity index (χ1) is 8.54. The molecule has 1 amide bonds. The number of hydrogen-bond donors (Lipinski definition) is 1. The number of nitrogens with zero attached hydrogens (tertiary/aromatic N) is 1. The molecule has 5 nitrogen and oxygen atoms in total. The van der Waals surface area contributed by atoms with Crippen LogP contribution in [0.25, 0.3) is 0 Å². The number of β-lactam (4-membered cyclic amide) rings is 1. The quantitative estimate of drug-likeness (QED) is 0.736. The Morgan fingerprint density at radius 1 is 1.44 bits per heavy atom. The van der Waals surface area contributed by atoms with Crippen molar-refractivity contribution in [3.63, 3.8) is 0 Å². The molecule has 2 aliphatic rings. The summed E-state index contributed by atoms with van der Waals surface area (Å²) in [6, 6.07) is 0. The minimum absolute atomic E-state index is 0.0392. The van der Waals surface area contributed by atoms with Gasteiger partial charge in [-0.3, -0.25) is 9.69 Å². The Labute approximate surface area is 111 Å². The van der Waals surface area contributed by atoms with Gasteiger partial charge in [0.15, 0.2) is 0 Å². The van der Waals surface area contributed by atoms with E-state index in [0.29, 0.717) is 5.75 Å². The summed E-state index contributed by atoms with van der Waals surface area (Å²) in [7, 11) is 0. The molecule has 1 unspecified atom stereocenters. The van der Waals surface area contributed by atoms with Crippen molar-refractivity contribution >= 4 is 30.4 Å². The predicted octanol–water partition coefficient (Wildman–Crippen LogP) is 1.74. The first-order valence-electron chi connectivity index (χ1n) is 5.70. The summed E-state index contributed by atoms with van der Waals surface area (Å²) in [6.45, 7) is 9.61. The Kier molecular flexibility index (Phi) is 6.68. The third-order valence-electron chi connectivity index (χ3n) is 2.63. The molecule has 0 aromatic rings. The van der Waals surface area contributed by atoms with Gasteiger partial charge < -0.3 is 9.90 Å². The van der Waals surface area contributed by atoms with Crippen LogP contribution in [0.3, 0.4) is 0 Å². The zero-order valence-corrected chi connectivity index (χ0v) is 11.9. The van der Waals surface area contributed by atoms with Gasteiger partial charge in [-0.25, -0.2) is 4.79 Å². The van der Waals surface area contributed by atoms with E-state index in [1.807, 2.05) is 27.6 Å². The van der Waals surface area contributed by atoms with Gasteiger partial charge in [-0.1, -0.05) is 20.8 Å². The fraction of sp³-hybridized carbons (Fsp3) is 0.583. The molecule has 18 heavy (non-hydrogen) atoms. The van der Waals surface area contributed by atoms with Crippen LogP contribution >= 0.6 is 11.8 Å². The van der Waals surface area contributed by atoms with E-state index in [4.69, 9.17) is 9.90 Å². The second-order valence-electron chi connectivity index (χ2n) is 3.63. The SMILES string of the molecule is C=O.CC.CC1=C(C(=O)O)N2C(=O)[C@@H](C)C2SC1. The number of amides is 1. The highest BCUT2D eigenvalue weighted by Crippen LogP contribution is 2.43. The van der Waals surface area contributed by atoms with Crippen LogP contribution in [-0.2, 0) is 14.4 Å². The predicted molar refractivity (Wildman–Crippen MR) is 71.1 cm³/mol. The van der Waals surface area contributed by atoms with E-state index in [0.717, 1.165) is 5.57 Å². The molecule has 2 rings (SSSR count). The van der Waals surface area contributed by atoms with E-state index in [9.17, 15) is 9.59 Å². The van der Waals surface area contributed by atoms with Crippen molar-refractivity contribution in [1.29, 1.82) is 0 Å². The van der Waals surface area contributed by atoms with Gasteiger partial charge in [-0.15, -0.1) is 11.8 Å². The lowest BCUT2D eigenvalue weighted by atomic mass is 9.98. The van der Waals surface area contributed by atoms with Crippen molar-refractivity contribution in [3.8, 4) is 0 Å². The van der Waals surface area contributed by atoms with Crippen LogP contribution in [-0.4, -0.2) is 39.8 Å². The second-order valence-corrected chi connectivity index (χ2v) is 4.74. The number of hydrogen-bond acceptors (Lipinski definition) is 4. The van der Waals surface area contributed by atoms with E-state index in [1.165, 1.54) is 4.90 Å². The Morgan fingerprint density at radius 3 is 2.39 bits per heavy atom. The van der Waals surface area contributed by atoms with E-state index in [1.54, 1.807) is 18.7 Å².